The Bertz CT molecular complexity index is 293. The summed E-state index contributed by atoms with van der Waals surface area (Å²) in [4.78, 5) is 0. The van der Waals surface area contributed by atoms with Crippen LogP contribution in [-0.4, -0.2) is 0 Å². The largest absolute Gasteiger partial charge is 0.0877 e. The smallest absolute Gasteiger partial charge is 0.0227 e. The van der Waals surface area contributed by atoms with Crippen LogP contribution in [0, 0.1) is 6.92 Å². The second-order valence-corrected chi connectivity index (χ2v) is 2.74. The highest BCUT2D eigenvalue weighted by Crippen LogP contribution is 2.08. The van der Waals surface area contributed by atoms with Gasteiger partial charge in [0.2, 0.25) is 0 Å². The molecule has 0 saturated heterocycles. The van der Waals surface area contributed by atoms with Gasteiger partial charge < -0.3 is 0 Å². The van der Waals surface area contributed by atoms with Crippen LogP contribution in [0.3, 0.4) is 0 Å². The van der Waals surface area contributed by atoms with Gasteiger partial charge >= 0.3 is 0 Å². The predicted molar refractivity (Wildman–Crippen MR) is 55.0 cm³/mol. The van der Waals surface area contributed by atoms with Gasteiger partial charge in [0.25, 0.3) is 0 Å². The quantitative estimate of drug-likeness (QED) is 0.577. The highest BCUT2D eigenvalue weighted by atomic mass is 13.9. The van der Waals surface area contributed by atoms with Gasteiger partial charge in [0.1, 0.15) is 0 Å². The molecule has 1 aromatic carbocycles. The molecule has 0 atom stereocenters. The summed E-state index contributed by atoms with van der Waals surface area (Å²) in [7, 11) is 0. The average molecular weight is 158 g/mol. The molecule has 0 aliphatic carbocycles. The van der Waals surface area contributed by atoms with Crippen LogP contribution in [0.15, 0.2) is 42.5 Å². The Balaban J connectivity index is 2.82. The van der Waals surface area contributed by atoms with Gasteiger partial charge in [-0.2, -0.15) is 0 Å². The van der Waals surface area contributed by atoms with Gasteiger partial charge in [0, 0.05) is 0 Å². The Morgan fingerprint density at radius 1 is 1.08 bits per heavy atom. The van der Waals surface area contributed by atoms with E-state index in [1.807, 2.05) is 19.1 Å². The zero-order valence-electron chi connectivity index (χ0n) is 7.62. The van der Waals surface area contributed by atoms with E-state index in [0.717, 1.165) is 0 Å². The van der Waals surface area contributed by atoms with Crippen molar-refractivity contribution in [1.82, 2.24) is 0 Å². The lowest BCUT2D eigenvalue weighted by atomic mass is 10.1. The minimum Gasteiger partial charge on any atom is -0.0877 e. The first-order valence-corrected chi connectivity index (χ1v) is 4.19. The number of benzene rings is 1. The van der Waals surface area contributed by atoms with E-state index in [9.17, 15) is 0 Å². The average Bonchev–Trinajstić information content (AvgIpc) is 2.09. The molecule has 0 aromatic heterocycles. The summed E-state index contributed by atoms with van der Waals surface area (Å²) in [6.45, 7) is 4.14. The highest BCUT2D eigenvalue weighted by Gasteiger charge is 1.88. The van der Waals surface area contributed by atoms with Crippen molar-refractivity contribution in [3.63, 3.8) is 0 Å². The second-order valence-electron chi connectivity index (χ2n) is 2.74. The topological polar surface area (TPSA) is 0 Å². The summed E-state index contributed by atoms with van der Waals surface area (Å²) < 4.78 is 0. The Morgan fingerprint density at radius 2 is 1.83 bits per heavy atom. The van der Waals surface area contributed by atoms with Gasteiger partial charge in [-0.3, -0.25) is 0 Å². The zero-order chi connectivity index (χ0) is 8.81. The molecule has 12 heavy (non-hydrogen) atoms. The first-order valence-electron chi connectivity index (χ1n) is 4.19. The highest BCUT2D eigenvalue weighted by molar-refractivity contribution is 5.54. The molecule has 0 amide bonds. The van der Waals surface area contributed by atoms with Crippen LogP contribution in [0.1, 0.15) is 18.1 Å². The molecule has 1 aromatic rings. The van der Waals surface area contributed by atoms with Crippen LogP contribution < -0.4 is 0 Å². The van der Waals surface area contributed by atoms with Crippen LogP contribution in [0.5, 0.6) is 0 Å². The zero-order valence-corrected chi connectivity index (χ0v) is 7.62. The molecule has 0 nitrogen and oxygen atoms in total. The molecular formula is C12H14. The van der Waals surface area contributed by atoms with E-state index in [-0.39, 0.29) is 0 Å². The van der Waals surface area contributed by atoms with Crippen LogP contribution in [-0.2, 0) is 0 Å². The molecule has 0 spiro atoms. The SMILES string of the molecule is C/C=C\C=C/c1ccccc1C. The van der Waals surface area contributed by atoms with E-state index < -0.39 is 0 Å². The molecule has 0 aliphatic rings. The summed E-state index contributed by atoms with van der Waals surface area (Å²) in [6.07, 6.45) is 8.24. The first-order chi connectivity index (χ1) is 5.84. The monoisotopic (exact) mass is 158 g/mol. The number of rotatable bonds is 2. The number of allylic oxidation sites excluding steroid dienone is 3. The Kier molecular flexibility index (Phi) is 3.34. The van der Waals surface area contributed by atoms with Crippen molar-refractivity contribution in [1.29, 1.82) is 0 Å². The van der Waals surface area contributed by atoms with Gasteiger partial charge in [-0.1, -0.05) is 48.6 Å². The van der Waals surface area contributed by atoms with Crippen LogP contribution in [0.25, 0.3) is 6.08 Å². The third-order valence-corrected chi connectivity index (χ3v) is 1.77. The van der Waals surface area contributed by atoms with Gasteiger partial charge in [0.15, 0.2) is 0 Å². The molecular weight excluding hydrogens is 144 g/mol. The Morgan fingerprint density at radius 3 is 2.50 bits per heavy atom. The molecule has 0 fully saturated rings. The van der Waals surface area contributed by atoms with Crippen molar-refractivity contribution in [3.05, 3.63) is 53.6 Å². The normalized spacial score (nSPS) is 11.5. The third-order valence-electron chi connectivity index (χ3n) is 1.77. The molecule has 62 valence electrons. The number of aryl methyl sites for hydroxylation is 1. The summed E-state index contributed by atoms with van der Waals surface area (Å²) in [5.74, 6) is 0. The van der Waals surface area contributed by atoms with Gasteiger partial charge in [-0.25, -0.2) is 0 Å². The van der Waals surface area contributed by atoms with Crippen LogP contribution >= 0.6 is 0 Å². The fourth-order valence-corrected chi connectivity index (χ4v) is 1.04. The molecule has 0 heterocycles. The second kappa shape index (κ2) is 4.55. The fraction of sp³-hybridized carbons (Fsp3) is 0.167. The molecule has 0 N–H and O–H groups in total. The lowest BCUT2D eigenvalue weighted by molar-refractivity contribution is 1.44. The molecule has 0 radical (unpaired) electrons. The fourth-order valence-electron chi connectivity index (χ4n) is 1.04. The van der Waals surface area contributed by atoms with Crippen molar-refractivity contribution in [2.45, 2.75) is 13.8 Å². The standard InChI is InChI=1S/C12H14/c1-3-4-5-9-12-10-7-6-8-11(12)2/h3-10H,1-2H3/b4-3-,9-5-. The Labute approximate surface area is 74.2 Å². The molecule has 1 rings (SSSR count). The molecule has 0 bridgehead atoms. The summed E-state index contributed by atoms with van der Waals surface area (Å²) in [5.41, 5.74) is 2.61. The van der Waals surface area contributed by atoms with E-state index in [4.69, 9.17) is 0 Å². The van der Waals surface area contributed by atoms with Gasteiger partial charge in [-0.15, -0.1) is 0 Å². The summed E-state index contributed by atoms with van der Waals surface area (Å²) in [6, 6.07) is 8.36. The molecule has 0 saturated carbocycles. The molecule has 0 unspecified atom stereocenters. The minimum absolute atomic E-state index is 1.29. The van der Waals surface area contributed by atoms with E-state index in [1.54, 1.807) is 0 Å². The van der Waals surface area contributed by atoms with Gasteiger partial charge in [0.05, 0.1) is 0 Å². The number of hydrogen-bond donors (Lipinski definition) is 0. The molecule has 0 heteroatoms. The van der Waals surface area contributed by atoms with E-state index in [1.165, 1.54) is 11.1 Å². The maximum atomic E-state index is 2.12. The predicted octanol–water partition coefficient (Wildman–Crippen LogP) is 3.58. The van der Waals surface area contributed by atoms with Crippen LogP contribution in [0.4, 0.5) is 0 Å². The van der Waals surface area contributed by atoms with Crippen molar-refractivity contribution in [3.8, 4) is 0 Å². The molecule has 0 aliphatic heterocycles. The lowest BCUT2D eigenvalue weighted by Gasteiger charge is -1.96. The van der Waals surface area contributed by atoms with Crippen LogP contribution in [0.2, 0.25) is 0 Å². The maximum absolute atomic E-state index is 2.12. The minimum atomic E-state index is 1.29. The Hall–Kier alpha value is -1.30. The first kappa shape index (κ1) is 8.79. The van der Waals surface area contributed by atoms with Crippen molar-refractivity contribution < 1.29 is 0 Å². The number of hydrogen-bond acceptors (Lipinski definition) is 0. The van der Waals surface area contributed by atoms with Crippen molar-refractivity contribution in [2.75, 3.05) is 0 Å². The van der Waals surface area contributed by atoms with Gasteiger partial charge in [-0.05, 0) is 25.0 Å². The van der Waals surface area contributed by atoms with Crippen molar-refractivity contribution >= 4 is 6.08 Å². The van der Waals surface area contributed by atoms with E-state index in [0.29, 0.717) is 0 Å². The lowest BCUT2D eigenvalue weighted by Crippen LogP contribution is -1.76. The third kappa shape index (κ3) is 2.39. The van der Waals surface area contributed by atoms with E-state index in [2.05, 4.69) is 43.3 Å². The summed E-state index contributed by atoms with van der Waals surface area (Å²) >= 11 is 0. The van der Waals surface area contributed by atoms with E-state index >= 15 is 0 Å². The maximum Gasteiger partial charge on any atom is -0.0227 e. The van der Waals surface area contributed by atoms with Crippen molar-refractivity contribution in [2.24, 2.45) is 0 Å². The summed E-state index contributed by atoms with van der Waals surface area (Å²) in [5, 5.41) is 0.